The van der Waals surface area contributed by atoms with Gasteiger partial charge in [-0.3, -0.25) is 9.89 Å². The molecule has 0 saturated carbocycles. The van der Waals surface area contributed by atoms with Crippen molar-refractivity contribution in [2.45, 2.75) is 20.3 Å². The number of aryl methyl sites for hydroxylation is 1. The number of nitrogens with one attached hydrogen (secondary N) is 2. The summed E-state index contributed by atoms with van der Waals surface area (Å²) in [4.78, 5) is 12.1. The standard InChI is InChI=1S/C14H17N3O2/c1-3-7-19-12-6-4-5-11(8-12)14(18)16-13-10(2)9-15-17-13/h4-6,8-9H,3,7H2,1-2H3,(H2,15,16,17,18). The molecule has 0 aliphatic rings. The van der Waals surface area contributed by atoms with E-state index in [4.69, 9.17) is 4.74 Å². The van der Waals surface area contributed by atoms with Crippen molar-refractivity contribution in [3.05, 3.63) is 41.6 Å². The molecule has 0 aliphatic carbocycles. The second-order valence-electron chi connectivity index (χ2n) is 4.26. The van der Waals surface area contributed by atoms with E-state index in [1.54, 1.807) is 24.4 Å². The van der Waals surface area contributed by atoms with Crippen LogP contribution in [0.15, 0.2) is 30.5 Å². The zero-order chi connectivity index (χ0) is 13.7. The van der Waals surface area contributed by atoms with Crippen molar-refractivity contribution in [1.29, 1.82) is 0 Å². The van der Waals surface area contributed by atoms with Crippen LogP contribution in [0.4, 0.5) is 5.82 Å². The summed E-state index contributed by atoms with van der Waals surface area (Å²) in [5.41, 5.74) is 1.45. The number of hydrogen-bond acceptors (Lipinski definition) is 3. The lowest BCUT2D eigenvalue weighted by Gasteiger charge is -2.07. The van der Waals surface area contributed by atoms with E-state index in [0.29, 0.717) is 23.7 Å². The van der Waals surface area contributed by atoms with Gasteiger partial charge < -0.3 is 10.1 Å². The minimum Gasteiger partial charge on any atom is -0.494 e. The summed E-state index contributed by atoms with van der Waals surface area (Å²) < 4.78 is 5.50. The summed E-state index contributed by atoms with van der Waals surface area (Å²) >= 11 is 0. The first kappa shape index (κ1) is 13.1. The van der Waals surface area contributed by atoms with Crippen LogP contribution in [0.25, 0.3) is 0 Å². The largest absolute Gasteiger partial charge is 0.494 e. The van der Waals surface area contributed by atoms with E-state index in [2.05, 4.69) is 15.5 Å². The number of aromatic nitrogens is 2. The topological polar surface area (TPSA) is 67.0 Å². The number of ether oxygens (including phenoxy) is 1. The van der Waals surface area contributed by atoms with Crippen LogP contribution < -0.4 is 10.1 Å². The molecule has 1 heterocycles. The van der Waals surface area contributed by atoms with Gasteiger partial charge in [0.15, 0.2) is 0 Å². The third-order valence-corrected chi connectivity index (χ3v) is 2.64. The van der Waals surface area contributed by atoms with Gasteiger partial charge in [0.25, 0.3) is 5.91 Å². The smallest absolute Gasteiger partial charge is 0.256 e. The molecule has 5 nitrogen and oxygen atoms in total. The fourth-order valence-electron chi connectivity index (χ4n) is 1.61. The van der Waals surface area contributed by atoms with Crippen LogP contribution in [-0.4, -0.2) is 22.7 Å². The number of benzene rings is 1. The maximum atomic E-state index is 12.1. The quantitative estimate of drug-likeness (QED) is 0.867. The molecule has 0 fully saturated rings. The molecule has 0 saturated heterocycles. The van der Waals surface area contributed by atoms with Gasteiger partial charge in [-0.15, -0.1) is 0 Å². The van der Waals surface area contributed by atoms with Crippen LogP contribution in [-0.2, 0) is 0 Å². The van der Waals surface area contributed by atoms with Gasteiger partial charge in [-0.1, -0.05) is 13.0 Å². The number of nitrogens with zero attached hydrogens (tertiary/aromatic N) is 1. The summed E-state index contributed by atoms with van der Waals surface area (Å²) in [5, 5.41) is 9.38. The minimum absolute atomic E-state index is 0.186. The molecule has 2 N–H and O–H groups in total. The van der Waals surface area contributed by atoms with Gasteiger partial charge in [0.05, 0.1) is 12.8 Å². The molecule has 0 spiro atoms. The average Bonchev–Trinajstić information content (AvgIpc) is 2.82. The average molecular weight is 259 g/mol. The van der Waals surface area contributed by atoms with E-state index in [1.807, 2.05) is 19.9 Å². The molecule has 1 aromatic heterocycles. The highest BCUT2D eigenvalue weighted by Crippen LogP contribution is 2.16. The maximum absolute atomic E-state index is 12.1. The molecular formula is C14H17N3O2. The lowest BCUT2D eigenvalue weighted by Crippen LogP contribution is -2.13. The summed E-state index contributed by atoms with van der Waals surface area (Å²) in [5.74, 6) is 1.13. The zero-order valence-electron chi connectivity index (χ0n) is 11.1. The lowest BCUT2D eigenvalue weighted by molar-refractivity contribution is 0.102. The number of hydrogen-bond donors (Lipinski definition) is 2. The Morgan fingerprint density at radius 1 is 1.47 bits per heavy atom. The van der Waals surface area contributed by atoms with Crippen LogP contribution in [0.2, 0.25) is 0 Å². The number of H-pyrrole nitrogens is 1. The van der Waals surface area contributed by atoms with Crippen molar-refractivity contribution in [2.24, 2.45) is 0 Å². The molecule has 100 valence electrons. The summed E-state index contributed by atoms with van der Waals surface area (Å²) in [6.07, 6.45) is 2.60. The second-order valence-corrected chi connectivity index (χ2v) is 4.26. The number of anilines is 1. The highest BCUT2D eigenvalue weighted by molar-refractivity contribution is 6.04. The second kappa shape index (κ2) is 6.04. The van der Waals surface area contributed by atoms with Crippen LogP contribution in [0.3, 0.4) is 0 Å². The Bertz CT molecular complexity index is 563. The molecule has 2 aromatic rings. The normalized spacial score (nSPS) is 10.2. The summed E-state index contributed by atoms with van der Waals surface area (Å²) in [6, 6.07) is 7.13. The predicted molar refractivity (Wildman–Crippen MR) is 73.5 cm³/mol. The fourth-order valence-corrected chi connectivity index (χ4v) is 1.61. The third kappa shape index (κ3) is 3.34. The number of amides is 1. The predicted octanol–water partition coefficient (Wildman–Crippen LogP) is 2.76. The minimum atomic E-state index is -0.186. The van der Waals surface area contributed by atoms with Crippen molar-refractivity contribution in [1.82, 2.24) is 10.2 Å². The van der Waals surface area contributed by atoms with E-state index in [-0.39, 0.29) is 5.91 Å². The van der Waals surface area contributed by atoms with E-state index >= 15 is 0 Å². The van der Waals surface area contributed by atoms with Crippen LogP contribution in [0.5, 0.6) is 5.75 Å². The van der Waals surface area contributed by atoms with Crippen molar-refractivity contribution < 1.29 is 9.53 Å². The lowest BCUT2D eigenvalue weighted by atomic mass is 10.2. The Morgan fingerprint density at radius 2 is 2.32 bits per heavy atom. The number of carbonyl (C=O) groups is 1. The van der Waals surface area contributed by atoms with Crippen molar-refractivity contribution in [2.75, 3.05) is 11.9 Å². The fraction of sp³-hybridized carbons (Fsp3) is 0.286. The van der Waals surface area contributed by atoms with Gasteiger partial charge in [-0.05, 0) is 31.5 Å². The van der Waals surface area contributed by atoms with Crippen LogP contribution >= 0.6 is 0 Å². The van der Waals surface area contributed by atoms with Crippen LogP contribution in [0, 0.1) is 6.92 Å². The molecule has 19 heavy (non-hydrogen) atoms. The molecule has 0 unspecified atom stereocenters. The molecule has 1 amide bonds. The zero-order valence-corrected chi connectivity index (χ0v) is 11.1. The monoisotopic (exact) mass is 259 g/mol. The molecule has 1 aromatic carbocycles. The summed E-state index contributed by atoms with van der Waals surface area (Å²) in [7, 11) is 0. The van der Waals surface area contributed by atoms with Gasteiger partial charge in [-0.2, -0.15) is 5.10 Å². The van der Waals surface area contributed by atoms with E-state index < -0.39 is 0 Å². The Balaban J connectivity index is 2.08. The molecule has 2 rings (SSSR count). The van der Waals surface area contributed by atoms with Gasteiger partial charge in [0.1, 0.15) is 11.6 Å². The molecule has 5 heteroatoms. The number of carbonyl (C=O) groups excluding carboxylic acids is 1. The molecule has 0 bridgehead atoms. The Morgan fingerprint density at radius 3 is 3.00 bits per heavy atom. The molecule has 0 radical (unpaired) electrons. The third-order valence-electron chi connectivity index (χ3n) is 2.64. The molecule has 0 atom stereocenters. The van der Waals surface area contributed by atoms with Gasteiger partial charge in [0, 0.05) is 11.1 Å². The SMILES string of the molecule is CCCOc1cccc(C(=O)Nc2[nH]ncc2C)c1. The Hall–Kier alpha value is -2.30. The van der Waals surface area contributed by atoms with Gasteiger partial charge in [0.2, 0.25) is 0 Å². The van der Waals surface area contributed by atoms with Crippen molar-refractivity contribution in [3.8, 4) is 5.75 Å². The number of aromatic amines is 1. The van der Waals surface area contributed by atoms with E-state index in [0.717, 1.165) is 12.0 Å². The van der Waals surface area contributed by atoms with Crippen molar-refractivity contribution in [3.63, 3.8) is 0 Å². The first-order valence-electron chi connectivity index (χ1n) is 6.25. The maximum Gasteiger partial charge on any atom is 0.256 e. The Kier molecular flexibility index (Phi) is 4.18. The highest BCUT2D eigenvalue weighted by atomic mass is 16.5. The number of rotatable bonds is 5. The first-order valence-corrected chi connectivity index (χ1v) is 6.25. The molecular weight excluding hydrogens is 242 g/mol. The van der Waals surface area contributed by atoms with Crippen molar-refractivity contribution >= 4 is 11.7 Å². The molecule has 0 aliphatic heterocycles. The summed E-state index contributed by atoms with van der Waals surface area (Å²) in [6.45, 7) is 4.56. The van der Waals surface area contributed by atoms with E-state index in [9.17, 15) is 4.79 Å². The van der Waals surface area contributed by atoms with Gasteiger partial charge in [-0.25, -0.2) is 0 Å². The Labute approximate surface area is 112 Å². The van der Waals surface area contributed by atoms with Gasteiger partial charge >= 0.3 is 0 Å². The van der Waals surface area contributed by atoms with E-state index in [1.165, 1.54) is 0 Å². The van der Waals surface area contributed by atoms with Crippen LogP contribution in [0.1, 0.15) is 29.3 Å². The highest BCUT2D eigenvalue weighted by Gasteiger charge is 2.09. The first-order chi connectivity index (χ1) is 9.20.